The van der Waals surface area contributed by atoms with Gasteiger partial charge in [-0.15, -0.1) is 0 Å². The average molecular weight is 369 g/mol. The summed E-state index contributed by atoms with van der Waals surface area (Å²) in [5.41, 5.74) is -0.297. The van der Waals surface area contributed by atoms with E-state index in [4.69, 9.17) is 17.6 Å². The molecule has 26 heavy (non-hydrogen) atoms. The van der Waals surface area contributed by atoms with Gasteiger partial charge in [-0.1, -0.05) is 30.4 Å². The molecule has 1 saturated heterocycles. The summed E-state index contributed by atoms with van der Waals surface area (Å²) in [4.78, 5) is 10.7. The lowest BCUT2D eigenvalue weighted by Crippen LogP contribution is -2.65. The number of rotatable bonds is 3. The normalized spacial score (nSPS) is 25.3. The zero-order valence-corrected chi connectivity index (χ0v) is 14.7. The van der Waals surface area contributed by atoms with Crippen LogP contribution in [0.2, 0.25) is 0 Å². The molecule has 3 rings (SSSR count). The van der Waals surface area contributed by atoms with Crippen molar-refractivity contribution in [1.29, 1.82) is 5.41 Å². The number of hydrogen-bond donors (Lipinski definition) is 3. The van der Waals surface area contributed by atoms with Gasteiger partial charge in [-0.2, -0.15) is 4.57 Å². The summed E-state index contributed by atoms with van der Waals surface area (Å²) in [5, 5.41) is 32.5. The van der Waals surface area contributed by atoms with Crippen molar-refractivity contribution in [2.45, 2.75) is 24.6 Å². The first-order chi connectivity index (χ1) is 12.3. The first kappa shape index (κ1) is 17.9. The molecule has 7 nitrogen and oxygen atoms in total. The van der Waals surface area contributed by atoms with Crippen LogP contribution in [-0.2, 0) is 0 Å². The number of non-ortho nitro benzene ring substituents is 1. The summed E-state index contributed by atoms with van der Waals surface area (Å²) in [6, 6.07) is 11.1. The standard InChI is InChI=1S/C18H16N4O3S/c1-18(23)16(21-9-3-2-4-10-21)15(14(11-19)17(26)20-18)12-5-7-13(8-6-12)22(24)25/h2-10,15-16,19,23H,1H3/p+1. The first-order valence-corrected chi connectivity index (χ1v) is 8.30. The average Bonchev–Trinajstić information content (AvgIpc) is 2.61. The Balaban J connectivity index is 2.18. The molecule has 8 heteroatoms. The molecule has 0 aliphatic carbocycles. The van der Waals surface area contributed by atoms with Gasteiger partial charge >= 0.3 is 0 Å². The molecule has 1 aliphatic heterocycles. The molecule has 0 bridgehead atoms. The van der Waals surface area contributed by atoms with Crippen LogP contribution in [0.3, 0.4) is 0 Å². The molecule has 0 saturated carbocycles. The fourth-order valence-corrected chi connectivity index (χ4v) is 3.73. The number of aromatic nitrogens is 1. The van der Waals surface area contributed by atoms with E-state index < -0.39 is 22.6 Å². The highest BCUT2D eigenvalue weighted by molar-refractivity contribution is 7.80. The molecule has 2 aromatic rings. The van der Waals surface area contributed by atoms with E-state index >= 15 is 0 Å². The summed E-state index contributed by atoms with van der Waals surface area (Å²) >= 11 is 5.31. The molecule has 0 spiro atoms. The van der Waals surface area contributed by atoms with Crippen LogP contribution in [0.15, 0.2) is 60.4 Å². The van der Waals surface area contributed by atoms with Gasteiger partial charge in [0.2, 0.25) is 6.04 Å². The monoisotopic (exact) mass is 369 g/mol. The van der Waals surface area contributed by atoms with E-state index in [2.05, 4.69) is 11.2 Å². The number of piperidine rings is 1. The van der Waals surface area contributed by atoms with Gasteiger partial charge < -0.3 is 10.4 Å². The minimum Gasteiger partial charge on any atom is -0.366 e. The third-order valence-corrected chi connectivity index (χ3v) is 4.79. The third-order valence-electron chi connectivity index (χ3n) is 4.47. The SMILES string of the molecule is CC1(O)NC(=S)C(=C=N)C(c2ccc([N+](=O)[O-])cc2)C1[n+]1ccccc1. The van der Waals surface area contributed by atoms with E-state index in [0.29, 0.717) is 11.1 Å². The minimum atomic E-state index is -1.39. The summed E-state index contributed by atoms with van der Waals surface area (Å²) in [7, 11) is 0. The summed E-state index contributed by atoms with van der Waals surface area (Å²) in [6.45, 7) is 1.61. The second-order valence-corrected chi connectivity index (χ2v) is 6.64. The quantitative estimate of drug-likeness (QED) is 0.192. The summed E-state index contributed by atoms with van der Waals surface area (Å²) < 4.78 is 1.83. The lowest BCUT2D eigenvalue weighted by Gasteiger charge is -2.40. The lowest BCUT2D eigenvalue weighted by atomic mass is 9.77. The molecule has 1 aromatic carbocycles. The third kappa shape index (κ3) is 3.13. The number of nitro benzene ring substituents is 1. The molecule has 1 fully saturated rings. The number of aliphatic hydroxyl groups is 1. The van der Waals surface area contributed by atoms with Gasteiger partial charge in [0.05, 0.1) is 16.4 Å². The first-order valence-electron chi connectivity index (χ1n) is 7.90. The Kier molecular flexibility index (Phi) is 4.65. The second-order valence-electron chi connectivity index (χ2n) is 6.23. The number of nitrogens with one attached hydrogen (secondary N) is 2. The van der Waals surface area contributed by atoms with Crippen molar-refractivity contribution in [3.05, 3.63) is 76.1 Å². The van der Waals surface area contributed by atoms with E-state index in [0.717, 1.165) is 0 Å². The van der Waals surface area contributed by atoms with Crippen molar-refractivity contribution in [2.75, 3.05) is 0 Å². The Morgan fingerprint density at radius 3 is 2.46 bits per heavy atom. The molecule has 3 unspecified atom stereocenters. The fraction of sp³-hybridized carbons (Fsp3) is 0.222. The van der Waals surface area contributed by atoms with Gasteiger partial charge in [0, 0.05) is 24.3 Å². The Labute approximate surface area is 155 Å². The summed E-state index contributed by atoms with van der Waals surface area (Å²) in [5.74, 6) is 1.89. The van der Waals surface area contributed by atoms with Crippen molar-refractivity contribution >= 4 is 28.8 Å². The van der Waals surface area contributed by atoms with Crippen molar-refractivity contribution in [3.8, 4) is 0 Å². The maximum atomic E-state index is 11.0. The molecular weight excluding hydrogens is 352 g/mol. The van der Waals surface area contributed by atoms with E-state index in [1.54, 1.807) is 19.1 Å². The van der Waals surface area contributed by atoms with Crippen LogP contribution in [0.25, 0.3) is 0 Å². The van der Waals surface area contributed by atoms with Crippen molar-refractivity contribution < 1.29 is 14.6 Å². The van der Waals surface area contributed by atoms with Crippen molar-refractivity contribution in [3.63, 3.8) is 0 Å². The van der Waals surface area contributed by atoms with Gasteiger partial charge in [-0.25, -0.2) is 0 Å². The Bertz CT molecular complexity index is 906. The smallest absolute Gasteiger partial charge is 0.269 e. The molecule has 0 radical (unpaired) electrons. The molecule has 0 amide bonds. The predicted octanol–water partition coefficient (Wildman–Crippen LogP) is 2.02. The van der Waals surface area contributed by atoms with E-state index in [1.165, 1.54) is 12.1 Å². The van der Waals surface area contributed by atoms with Gasteiger partial charge in [0.25, 0.3) is 5.69 Å². The molecule has 1 aliphatic rings. The number of nitrogens with zero attached hydrogens (tertiary/aromatic N) is 2. The number of hydrogen-bond acceptors (Lipinski definition) is 5. The van der Waals surface area contributed by atoms with E-state index in [9.17, 15) is 15.2 Å². The zero-order chi connectivity index (χ0) is 18.9. The molecule has 2 heterocycles. The van der Waals surface area contributed by atoms with Crippen LogP contribution in [0.5, 0.6) is 0 Å². The Hall–Kier alpha value is -2.93. The lowest BCUT2D eigenvalue weighted by molar-refractivity contribution is -0.740. The number of pyridine rings is 1. The van der Waals surface area contributed by atoms with Gasteiger partial charge in [-0.3, -0.25) is 15.5 Å². The van der Waals surface area contributed by atoms with E-state index in [-0.39, 0.29) is 10.7 Å². The Morgan fingerprint density at radius 2 is 1.92 bits per heavy atom. The van der Waals surface area contributed by atoms with Crippen LogP contribution in [0.4, 0.5) is 5.69 Å². The van der Waals surface area contributed by atoms with Crippen LogP contribution < -0.4 is 9.88 Å². The molecule has 1 aromatic heterocycles. The largest absolute Gasteiger partial charge is 0.366 e. The zero-order valence-electron chi connectivity index (χ0n) is 13.9. The van der Waals surface area contributed by atoms with Crippen LogP contribution in [-0.4, -0.2) is 26.6 Å². The second kappa shape index (κ2) is 6.76. The molecule has 3 atom stereocenters. The van der Waals surface area contributed by atoms with Crippen LogP contribution in [0, 0.1) is 15.5 Å². The molecule has 132 valence electrons. The highest BCUT2D eigenvalue weighted by Crippen LogP contribution is 2.41. The number of thiocarbonyl (C=S) groups is 1. The summed E-state index contributed by atoms with van der Waals surface area (Å²) in [6.07, 6.45) is 3.63. The van der Waals surface area contributed by atoms with Crippen molar-refractivity contribution in [2.24, 2.45) is 0 Å². The van der Waals surface area contributed by atoms with Gasteiger partial charge in [-0.05, 0) is 18.4 Å². The molecular formula is C18H17N4O3S+. The minimum absolute atomic E-state index is 0.0266. The van der Waals surface area contributed by atoms with Gasteiger partial charge in [0.15, 0.2) is 18.1 Å². The van der Waals surface area contributed by atoms with Crippen LogP contribution >= 0.6 is 12.2 Å². The van der Waals surface area contributed by atoms with Crippen molar-refractivity contribution in [1.82, 2.24) is 5.32 Å². The number of nitro groups is 1. The Morgan fingerprint density at radius 1 is 1.31 bits per heavy atom. The number of benzene rings is 1. The van der Waals surface area contributed by atoms with E-state index in [1.807, 2.05) is 35.2 Å². The highest BCUT2D eigenvalue weighted by atomic mass is 32.1. The molecule has 3 N–H and O–H groups in total. The predicted molar refractivity (Wildman–Crippen MR) is 99.1 cm³/mol. The fourth-order valence-electron chi connectivity index (χ4n) is 3.34. The highest BCUT2D eigenvalue weighted by Gasteiger charge is 2.52. The van der Waals surface area contributed by atoms with Gasteiger partial charge in [0.1, 0.15) is 4.99 Å². The topological polar surface area (TPSA) is 103 Å². The van der Waals surface area contributed by atoms with Crippen LogP contribution in [0.1, 0.15) is 24.4 Å². The maximum Gasteiger partial charge on any atom is 0.269 e. The maximum absolute atomic E-state index is 11.0.